The summed E-state index contributed by atoms with van der Waals surface area (Å²) in [6.07, 6.45) is 1.95. The van der Waals surface area contributed by atoms with Crippen LogP contribution < -0.4 is 0 Å². The van der Waals surface area contributed by atoms with Crippen molar-refractivity contribution in [3.8, 4) is 0 Å². The number of allylic oxidation sites excluding steroid dienone is 1. The molecule has 0 fully saturated rings. The molecule has 64 valence electrons. The number of hydrogen-bond donors (Lipinski definition) is 0. The van der Waals surface area contributed by atoms with Crippen LogP contribution in [0, 0.1) is 6.92 Å². The molecule has 12 heavy (non-hydrogen) atoms. The Hall–Kier alpha value is -0.890. The molecule has 0 bridgehead atoms. The summed E-state index contributed by atoms with van der Waals surface area (Å²) < 4.78 is 0. The molecule has 2 heteroatoms. The van der Waals surface area contributed by atoms with E-state index in [1.54, 1.807) is 18.3 Å². The van der Waals surface area contributed by atoms with E-state index in [0.717, 1.165) is 5.57 Å². The fraction of sp³-hybridized carbons (Fsp3) is 0.300. The lowest BCUT2D eigenvalue weighted by molar-refractivity contribution is -0.113. The van der Waals surface area contributed by atoms with Gasteiger partial charge in [-0.15, -0.1) is 11.3 Å². The van der Waals surface area contributed by atoms with Gasteiger partial charge in [0.05, 0.1) is 0 Å². The number of Topliss-reactive ketones (excluding diaryl/α,β-unsaturated/α-hetero) is 1. The minimum atomic E-state index is 0.141. The Morgan fingerprint density at radius 2 is 2.17 bits per heavy atom. The molecule has 0 spiro atoms. The first-order valence-corrected chi connectivity index (χ1v) is 4.72. The van der Waals surface area contributed by atoms with Gasteiger partial charge in [-0.1, -0.05) is 0 Å². The lowest BCUT2D eigenvalue weighted by Crippen LogP contribution is -1.90. The van der Waals surface area contributed by atoms with Crippen molar-refractivity contribution in [1.29, 1.82) is 0 Å². The molecule has 1 nitrogen and oxygen atoms in total. The zero-order chi connectivity index (χ0) is 9.14. The number of aryl methyl sites for hydroxylation is 1. The van der Waals surface area contributed by atoms with Gasteiger partial charge in [0, 0.05) is 4.88 Å². The Morgan fingerprint density at radius 1 is 1.50 bits per heavy atom. The minimum Gasteiger partial charge on any atom is -0.295 e. The van der Waals surface area contributed by atoms with Crippen molar-refractivity contribution >= 4 is 23.2 Å². The maximum atomic E-state index is 10.9. The number of hydrogen-bond acceptors (Lipinski definition) is 2. The molecule has 0 amide bonds. The summed E-state index contributed by atoms with van der Waals surface area (Å²) in [4.78, 5) is 12.1. The topological polar surface area (TPSA) is 17.1 Å². The lowest BCUT2D eigenvalue weighted by atomic mass is 10.1. The largest absolute Gasteiger partial charge is 0.295 e. The van der Waals surface area contributed by atoms with E-state index in [0.29, 0.717) is 0 Å². The molecule has 0 aliphatic rings. The molecular weight excluding hydrogens is 168 g/mol. The summed E-state index contributed by atoms with van der Waals surface area (Å²) in [7, 11) is 0. The second-order valence-electron chi connectivity index (χ2n) is 2.85. The molecule has 1 heterocycles. The van der Waals surface area contributed by atoms with Crippen LogP contribution in [0.3, 0.4) is 0 Å². The molecule has 1 aromatic heterocycles. The van der Waals surface area contributed by atoms with Gasteiger partial charge in [0.2, 0.25) is 0 Å². The van der Waals surface area contributed by atoms with E-state index in [1.807, 2.05) is 18.4 Å². The van der Waals surface area contributed by atoms with E-state index in [2.05, 4.69) is 13.0 Å². The number of carbonyl (C=O) groups is 1. The average molecular weight is 180 g/mol. The maximum Gasteiger partial charge on any atom is 0.155 e. The standard InChI is InChI=1S/C10H12OS/c1-7-4-5-12-10(7)6-8(2)9(3)11/h4-6H,1-3H3. The van der Waals surface area contributed by atoms with E-state index >= 15 is 0 Å². The van der Waals surface area contributed by atoms with Gasteiger partial charge in [0.1, 0.15) is 0 Å². The minimum absolute atomic E-state index is 0.141. The van der Waals surface area contributed by atoms with Crippen molar-refractivity contribution in [3.05, 3.63) is 27.5 Å². The van der Waals surface area contributed by atoms with E-state index in [9.17, 15) is 4.79 Å². The fourth-order valence-corrected chi connectivity index (χ4v) is 1.75. The number of thiophene rings is 1. The van der Waals surface area contributed by atoms with E-state index in [-0.39, 0.29) is 5.78 Å². The zero-order valence-corrected chi connectivity index (χ0v) is 8.37. The first-order valence-electron chi connectivity index (χ1n) is 3.84. The SMILES string of the molecule is CC(=O)C(C)=Cc1sccc1C. The molecule has 0 aliphatic heterocycles. The van der Waals surface area contributed by atoms with Gasteiger partial charge >= 0.3 is 0 Å². The molecule has 1 aromatic rings. The van der Waals surface area contributed by atoms with Crippen LogP contribution in [0.15, 0.2) is 17.0 Å². The lowest BCUT2D eigenvalue weighted by Gasteiger charge is -1.93. The van der Waals surface area contributed by atoms with Gasteiger partial charge < -0.3 is 0 Å². The fourth-order valence-electron chi connectivity index (χ4n) is 0.831. The van der Waals surface area contributed by atoms with Crippen molar-refractivity contribution in [2.75, 3.05) is 0 Å². The molecular formula is C10H12OS. The number of ketones is 1. The van der Waals surface area contributed by atoms with E-state index in [4.69, 9.17) is 0 Å². The molecule has 1 rings (SSSR count). The van der Waals surface area contributed by atoms with Gasteiger partial charge in [-0.2, -0.15) is 0 Å². The Balaban J connectivity index is 2.95. The Kier molecular flexibility index (Phi) is 2.82. The van der Waals surface area contributed by atoms with Crippen molar-refractivity contribution < 1.29 is 4.79 Å². The highest BCUT2D eigenvalue weighted by molar-refractivity contribution is 7.11. The van der Waals surface area contributed by atoms with Crippen LogP contribution in [-0.4, -0.2) is 5.78 Å². The Bertz CT molecular complexity index is 320. The van der Waals surface area contributed by atoms with Crippen LogP contribution in [0.25, 0.3) is 6.08 Å². The number of rotatable bonds is 2. The molecule has 0 N–H and O–H groups in total. The van der Waals surface area contributed by atoms with E-state index in [1.165, 1.54) is 10.4 Å². The summed E-state index contributed by atoms with van der Waals surface area (Å²) in [5.41, 5.74) is 2.06. The average Bonchev–Trinajstić information content (AvgIpc) is 2.36. The van der Waals surface area contributed by atoms with Crippen LogP contribution in [0.5, 0.6) is 0 Å². The van der Waals surface area contributed by atoms with Crippen LogP contribution in [0.1, 0.15) is 24.3 Å². The summed E-state index contributed by atoms with van der Waals surface area (Å²) >= 11 is 1.67. The second-order valence-corrected chi connectivity index (χ2v) is 3.80. The van der Waals surface area contributed by atoms with E-state index < -0.39 is 0 Å². The molecule has 0 atom stereocenters. The predicted octanol–water partition coefficient (Wildman–Crippen LogP) is 3.05. The molecule has 0 unspecified atom stereocenters. The highest BCUT2D eigenvalue weighted by Crippen LogP contribution is 2.18. The van der Waals surface area contributed by atoms with Crippen molar-refractivity contribution in [2.24, 2.45) is 0 Å². The van der Waals surface area contributed by atoms with Crippen LogP contribution >= 0.6 is 11.3 Å². The van der Waals surface area contributed by atoms with Gasteiger partial charge in [-0.3, -0.25) is 4.79 Å². The van der Waals surface area contributed by atoms with Gasteiger partial charge in [-0.05, 0) is 49.4 Å². The third kappa shape index (κ3) is 2.05. The quantitative estimate of drug-likeness (QED) is 0.639. The van der Waals surface area contributed by atoms with Crippen molar-refractivity contribution in [1.82, 2.24) is 0 Å². The number of carbonyl (C=O) groups excluding carboxylic acids is 1. The monoisotopic (exact) mass is 180 g/mol. The molecule has 0 saturated carbocycles. The third-order valence-corrected chi connectivity index (χ3v) is 2.77. The predicted molar refractivity (Wildman–Crippen MR) is 53.4 cm³/mol. The third-order valence-electron chi connectivity index (χ3n) is 1.80. The normalized spacial score (nSPS) is 11.8. The maximum absolute atomic E-state index is 10.9. The van der Waals surface area contributed by atoms with Crippen LogP contribution in [-0.2, 0) is 4.79 Å². The second kappa shape index (κ2) is 3.68. The first kappa shape index (κ1) is 9.20. The summed E-state index contributed by atoms with van der Waals surface area (Å²) in [6, 6.07) is 2.06. The van der Waals surface area contributed by atoms with Crippen molar-refractivity contribution in [2.45, 2.75) is 20.8 Å². The van der Waals surface area contributed by atoms with Crippen LogP contribution in [0.4, 0.5) is 0 Å². The van der Waals surface area contributed by atoms with Crippen LogP contribution in [0.2, 0.25) is 0 Å². The zero-order valence-electron chi connectivity index (χ0n) is 7.55. The molecule has 0 saturated heterocycles. The summed E-state index contributed by atoms with van der Waals surface area (Å²) in [5.74, 6) is 0.141. The summed E-state index contributed by atoms with van der Waals surface area (Å²) in [6.45, 7) is 5.49. The Morgan fingerprint density at radius 3 is 2.58 bits per heavy atom. The van der Waals surface area contributed by atoms with Gasteiger partial charge in [0.25, 0.3) is 0 Å². The highest BCUT2D eigenvalue weighted by atomic mass is 32.1. The highest BCUT2D eigenvalue weighted by Gasteiger charge is 1.99. The van der Waals surface area contributed by atoms with Gasteiger partial charge in [-0.25, -0.2) is 0 Å². The van der Waals surface area contributed by atoms with Crippen molar-refractivity contribution in [3.63, 3.8) is 0 Å². The first-order chi connectivity index (χ1) is 5.61. The van der Waals surface area contributed by atoms with Gasteiger partial charge in [0.15, 0.2) is 5.78 Å². The smallest absolute Gasteiger partial charge is 0.155 e. The molecule has 0 radical (unpaired) electrons. The molecule has 0 aromatic carbocycles. The summed E-state index contributed by atoms with van der Waals surface area (Å²) in [5, 5.41) is 2.04. The Labute approximate surface area is 76.7 Å². The molecule has 0 aliphatic carbocycles.